The first-order chi connectivity index (χ1) is 8.97. The molecule has 1 aromatic rings. The first-order valence-corrected chi connectivity index (χ1v) is 7.12. The summed E-state index contributed by atoms with van der Waals surface area (Å²) >= 11 is 6.12. The number of rotatable bonds is 7. The zero-order valence-electron chi connectivity index (χ0n) is 12.4. The van der Waals surface area contributed by atoms with E-state index in [9.17, 15) is 0 Å². The van der Waals surface area contributed by atoms with Gasteiger partial charge < -0.3 is 14.8 Å². The molecule has 3 nitrogen and oxygen atoms in total. The molecule has 0 bridgehead atoms. The Bertz CT molecular complexity index is 407. The van der Waals surface area contributed by atoms with Crippen LogP contribution in [0.1, 0.15) is 39.7 Å². The number of nitrogens with one attached hydrogen (secondary N) is 1. The van der Waals surface area contributed by atoms with Crippen LogP contribution in [0.5, 0.6) is 11.5 Å². The van der Waals surface area contributed by atoms with Crippen molar-refractivity contribution in [3.8, 4) is 11.5 Å². The Balaban J connectivity index is 3.01. The van der Waals surface area contributed by atoms with Crippen LogP contribution >= 0.6 is 11.6 Å². The van der Waals surface area contributed by atoms with Crippen LogP contribution in [0.4, 0.5) is 0 Å². The minimum absolute atomic E-state index is 0.0948. The van der Waals surface area contributed by atoms with Crippen LogP contribution in [-0.2, 0) is 6.54 Å². The van der Waals surface area contributed by atoms with E-state index in [0.717, 1.165) is 17.7 Å². The molecule has 0 saturated carbocycles. The molecule has 0 heterocycles. The van der Waals surface area contributed by atoms with Gasteiger partial charge in [0.25, 0.3) is 0 Å². The maximum atomic E-state index is 6.12. The van der Waals surface area contributed by atoms with Crippen molar-refractivity contribution in [2.45, 2.75) is 52.8 Å². The lowest BCUT2D eigenvalue weighted by atomic mass is 10.1. The average molecular weight is 286 g/mol. The maximum absolute atomic E-state index is 6.12. The van der Waals surface area contributed by atoms with Crippen molar-refractivity contribution in [3.05, 3.63) is 22.7 Å². The molecule has 0 amide bonds. The van der Waals surface area contributed by atoms with Crippen LogP contribution < -0.4 is 14.8 Å². The summed E-state index contributed by atoms with van der Waals surface area (Å²) in [7, 11) is 1.63. The molecule has 1 N–H and O–H groups in total. The Morgan fingerprint density at radius 2 is 1.95 bits per heavy atom. The molecule has 0 aliphatic carbocycles. The summed E-state index contributed by atoms with van der Waals surface area (Å²) in [5, 5.41) is 4.11. The van der Waals surface area contributed by atoms with Crippen molar-refractivity contribution >= 4 is 11.6 Å². The Kier molecular flexibility index (Phi) is 6.46. The molecule has 0 aliphatic rings. The van der Waals surface area contributed by atoms with E-state index in [0.29, 0.717) is 23.4 Å². The Morgan fingerprint density at radius 3 is 2.47 bits per heavy atom. The molecular formula is C15H24ClNO2. The van der Waals surface area contributed by atoms with E-state index in [2.05, 4.69) is 19.2 Å². The van der Waals surface area contributed by atoms with E-state index in [1.165, 1.54) is 0 Å². The summed E-state index contributed by atoms with van der Waals surface area (Å²) < 4.78 is 11.2. The molecule has 0 spiro atoms. The van der Waals surface area contributed by atoms with Crippen molar-refractivity contribution in [2.24, 2.45) is 0 Å². The van der Waals surface area contributed by atoms with Crippen molar-refractivity contribution in [2.75, 3.05) is 7.11 Å². The number of halogens is 1. The minimum atomic E-state index is 0.0948. The molecule has 0 saturated heterocycles. The molecule has 108 valence electrons. The normalized spacial score (nSPS) is 12.6. The van der Waals surface area contributed by atoms with Crippen LogP contribution in [0.2, 0.25) is 5.02 Å². The summed E-state index contributed by atoms with van der Waals surface area (Å²) in [5.74, 6) is 1.46. The molecule has 0 radical (unpaired) electrons. The van der Waals surface area contributed by atoms with Crippen LogP contribution in [0.25, 0.3) is 0 Å². The topological polar surface area (TPSA) is 30.5 Å². The molecule has 19 heavy (non-hydrogen) atoms. The second-order valence-electron chi connectivity index (χ2n) is 4.95. The third-order valence-electron chi connectivity index (χ3n) is 2.92. The van der Waals surface area contributed by atoms with E-state index in [4.69, 9.17) is 21.1 Å². The van der Waals surface area contributed by atoms with Gasteiger partial charge in [-0.25, -0.2) is 0 Å². The second kappa shape index (κ2) is 7.61. The molecular weight excluding hydrogens is 262 g/mol. The third kappa shape index (κ3) is 4.92. The lowest BCUT2D eigenvalue weighted by molar-refractivity contribution is 0.227. The molecule has 0 fully saturated rings. The molecule has 1 rings (SSSR count). The zero-order chi connectivity index (χ0) is 14.4. The fourth-order valence-electron chi connectivity index (χ4n) is 1.70. The highest BCUT2D eigenvalue weighted by Gasteiger charge is 2.14. The molecule has 1 aromatic carbocycles. The number of methoxy groups -OCH3 is 1. The monoisotopic (exact) mass is 285 g/mol. The van der Waals surface area contributed by atoms with Crippen LogP contribution in [0.3, 0.4) is 0 Å². The fourth-order valence-corrected chi connectivity index (χ4v) is 1.93. The first-order valence-electron chi connectivity index (χ1n) is 6.74. The van der Waals surface area contributed by atoms with Gasteiger partial charge in [0.15, 0.2) is 11.5 Å². The van der Waals surface area contributed by atoms with Crippen molar-refractivity contribution in [1.29, 1.82) is 0 Å². The van der Waals surface area contributed by atoms with Gasteiger partial charge >= 0.3 is 0 Å². The summed E-state index contributed by atoms with van der Waals surface area (Å²) in [6.45, 7) is 9.03. The standard InChI is InChI=1S/C15H24ClNO2/c1-6-11(4)17-9-12-7-13(16)8-14(18-5)15(12)19-10(2)3/h7-8,10-11,17H,6,9H2,1-5H3/t11-/m0/s1. The van der Waals surface area contributed by atoms with E-state index in [1.807, 2.05) is 19.9 Å². The lowest BCUT2D eigenvalue weighted by Crippen LogP contribution is -2.25. The lowest BCUT2D eigenvalue weighted by Gasteiger charge is -2.19. The third-order valence-corrected chi connectivity index (χ3v) is 3.14. The highest BCUT2D eigenvalue weighted by molar-refractivity contribution is 6.30. The van der Waals surface area contributed by atoms with Gasteiger partial charge in [0.1, 0.15) is 0 Å². The summed E-state index contributed by atoms with van der Waals surface area (Å²) in [6.07, 6.45) is 1.18. The van der Waals surface area contributed by atoms with Crippen molar-refractivity contribution in [3.63, 3.8) is 0 Å². The second-order valence-corrected chi connectivity index (χ2v) is 5.39. The van der Waals surface area contributed by atoms with E-state index in [1.54, 1.807) is 13.2 Å². The largest absolute Gasteiger partial charge is 0.493 e. The average Bonchev–Trinajstić information content (AvgIpc) is 2.37. The minimum Gasteiger partial charge on any atom is -0.493 e. The highest BCUT2D eigenvalue weighted by atomic mass is 35.5. The van der Waals surface area contributed by atoms with Gasteiger partial charge in [0.05, 0.1) is 13.2 Å². The van der Waals surface area contributed by atoms with E-state index in [-0.39, 0.29) is 6.10 Å². The van der Waals surface area contributed by atoms with Crippen LogP contribution in [-0.4, -0.2) is 19.3 Å². The zero-order valence-corrected chi connectivity index (χ0v) is 13.2. The van der Waals surface area contributed by atoms with E-state index >= 15 is 0 Å². The molecule has 0 aromatic heterocycles. The smallest absolute Gasteiger partial charge is 0.166 e. The predicted molar refractivity (Wildman–Crippen MR) is 80.4 cm³/mol. The quantitative estimate of drug-likeness (QED) is 0.821. The maximum Gasteiger partial charge on any atom is 0.166 e. The van der Waals surface area contributed by atoms with Gasteiger partial charge in [-0.3, -0.25) is 0 Å². The summed E-state index contributed by atoms with van der Waals surface area (Å²) in [6, 6.07) is 4.17. The van der Waals surface area contributed by atoms with Gasteiger partial charge in [-0.1, -0.05) is 18.5 Å². The van der Waals surface area contributed by atoms with Gasteiger partial charge in [-0.15, -0.1) is 0 Å². The van der Waals surface area contributed by atoms with Gasteiger partial charge in [-0.05, 0) is 33.3 Å². The number of ether oxygens (including phenoxy) is 2. The highest BCUT2D eigenvalue weighted by Crippen LogP contribution is 2.35. The number of benzene rings is 1. The Morgan fingerprint density at radius 1 is 1.26 bits per heavy atom. The molecule has 1 atom stereocenters. The molecule has 0 unspecified atom stereocenters. The van der Waals surface area contributed by atoms with Gasteiger partial charge in [0.2, 0.25) is 0 Å². The fraction of sp³-hybridized carbons (Fsp3) is 0.600. The summed E-state index contributed by atoms with van der Waals surface area (Å²) in [5.41, 5.74) is 1.03. The van der Waals surface area contributed by atoms with Crippen LogP contribution in [0, 0.1) is 0 Å². The number of hydrogen-bond donors (Lipinski definition) is 1. The van der Waals surface area contributed by atoms with Crippen molar-refractivity contribution in [1.82, 2.24) is 5.32 Å². The first kappa shape index (κ1) is 16.1. The van der Waals surface area contributed by atoms with Gasteiger partial charge in [0, 0.05) is 29.2 Å². The van der Waals surface area contributed by atoms with Gasteiger partial charge in [-0.2, -0.15) is 0 Å². The number of hydrogen-bond acceptors (Lipinski definition) is 3. The van der Waals surface area contributed by atoms with Crippen molar-refractivity contribution < 1.29 is 9.47 Å². The Labute approximate surface area is 121 Å². The van der Waals surface area contributed by atoms with Crippen LogP contribution in [0.15, 0.2) is 12.1 Å². The molecule has 4 heteroatoms. The molecule has 0 aliphatic heterocycles. The SMILES string of the molecule is CC[C@H](C)NCc1cc(Cl)cc(OC)c1OC(C)C. The summed E-state index contributed by atoms with van der Waals surface area (Å²) in [4.78, 5) is 0. The predicted octanol–water partition coefficient (Wildman–Crippen LogP) is 4.02. The van der Waals surface area contributed by atoms with E-state index < -0.39 is 0 Å². The Hall–Kier alpha value is -0.930.